The molecule has 0 aliphatic carbocycles. The first-order valence-electron chi connectivity index (χ1n) is 8.10. The van der Waals surface area contributed by atoms with Crippen LogP contribution in [0, 0.1) is 0 Å². The van der Waals surface area contributed by atoms with Crippen molar-refractivity contribution in [1.82, 2.24) is 10.6 Å². The summed E-state index contributed by atoms with van der Waals surface area (Å²) in [5.41, 5.74) is 2.04. The van der Waals surface area contributed by atoms with Gasteiger partial charge < -0.3 is 19.8 Å². The van der Waals surface area contributed by atoms with Crippen molar-refractivity contribution in [1.29, 1.82) is 0 Å². The Morgan fingerprint density at radius 3 is 2.73 bits per heavy atom. The number of nitrogens with one attached hydrogen (secondary N) is 2. The molecule has 0 unspecified atom stereocenters. The second-order valence-electron chi connectivity index (χ2n) is 5.70. The summed E-state index contributed by atoms with van der Waals surface area (Å²) in [6.45, 7) is 7.77. The number of hydrogen-bond acceptors (Lipinski definition) is 3. The Morgan fingerprint density at radius 1 is 1.31 bits per heavy atom. The highest BCUT2D eigenvalue weighted by Gasteiger charge is 2.03. The summed E-state index contributed by atoms with van der Waals surface area (Å²) in [6, 6.07) is 9.51. The summed E-state index contributed by atoms with van der Waals surface area (Å²) >= 11 is 6.16. The zero-order chi connectivity index (χ0) is 18.1. The number of benzene rings is 1. The van der Waals surface area contributed by atoms with Crippen LogP contribution in [0.2, 0.25) is 5.02 Å². The summed E-state index contributed by atoms with van der Waals surface area (Å²) in [4.78, 5) is 4.60. The number of furan rings is 1. The van der Waals surface area contributed by atoms with Crippen molar-refractivity contribution in [2.24, 2.45) is 4.99 Å². The highest BCUT2D eigenvalue weighted by molar-refractivity contribution is 14.0. The average molecular weight is 490 g/mol. The van der Waals surface area contributed by atoms with E-state index in [-0.39, 0.29) is 24.0 Å². The van der Waals surface area contributed by atoms with E-state index in [0.717, 1.165) is 35.8 Å². The summed E-state index contributed by atoms with van der Waals surface area (Å²) in [5.74, 6) is 2.32. The molecule has 0 bridgehead atoms. The van der Waals surface area contributed by atoms with Crippen LogP contribution in [0.1, 0.15) is 18.2 Å². The number of guanidine groups is 1. The first-order chi connectivity index (χ1) is 12.1. The number of halogens is 2. The van der Waals surface area contributed by atoms with Gasteiger partial charge in [0.15, 0.2) is 5.96 Å². The molecule has 1 aromatic heterocycles. The normalized spacial score (nSPS) is 10.8. The van der Waals surface area contributed by atoms with Crippen LogP contribution in [0.5, 0.6) is 5.75 Å². The predicted octanol–water partition coefficient (Wildman–Crippen LogP) is 4.41. The van der Waals surface area contributed by atoms with Gasteiger partial charge in [0.05, 0.1) is 24.9 Å². The molecule has 142 valence electrons. The van der Waals surface area contributed by atoms with Crippen LogP contribution in [-0.4, -0.2) is 26.2 Å². The minimum atomic E-state index is 0. The molecule has 5 nitrogen and oxygen atoms in total. The number of methoxy groups -OCH3 is 1. The van der Waals surface area contributed by atoms with Crippen LogP contribution in [0.3, 0.4) is 0 Å². The van der Waals surface area contributed by atoms with Crippen LogP contribution in [-0.2, 0) is 13.0 Å². The fraction of sp³-hybridized carbons (Fsp3) is 0.316. The quantitative estimate of drug-likeness (QED) is 0.250. The lowest BCUT2D eigenvalue weighted by Crippen LogP contribution is -2.39. The summed E-state index contributed by atoms with van der Waals surface area (Å²) in [7, 11) is 1.60. The molecule has 26 heavy (non-hydrogen) atoms. The maximum atomic E-state index is 6.16. The molecular weight excluding hydrogens is 465 g/mol. The van der Waals surface area contributed by atoms with E-state index in [2.05, 4.69) is 22.2 Å². The van der Waals surface area contributed by atoms with Gasteiger partial charge in [-0.3, -0.25) is 0 Å². The van der Waals surface area contributed by atoms with Gasteiger partial charge in [-0.1, -0.05) is 29.8 Å². The Balaban J connectivity index is 0.00000338. The highest BCUT2D eigenvalue weighted by Crippen LogP contribution is 2.25. The summed E-state index contributed by atoms with van der Waals surface area (Å²) in [5, 5.41) is 7.14. The molecule has 1 aromatic carbocycles. The zero-order valence-corrected chi connectivity index (χ0v) is 18.1. The Morgan fingerprint density at radius 2 is 2.12 bits per heavy atom. The standard InChI is InChI=1S/C19H24ClN3O2.HI/c1-14(2)12-22-19(21-9-8-16-5-4-10-25-16)23-13-15-6-7-18(24-3)17(20)11-15;/h4-7,10-11H,1,8-9,12-13H2,2-3H3,(H2,21,22,23);1H. The highest BCUT2D eigenvalue weighted by atomic mass is 127. The number of hydrogen-bond donors (Lipinski definition) is 2. The van der Waals surface area contributed by atoms with E-state index in [1.54, 1.807) is 13.4 Å². The van der Waals surface area contributed by atoms with E-state index in [1.165, 1.54) is 0 Å². The molecule has 2 N–H and O–H groups in total. The third kappa shape index (κ3) is 7.70. The van der Waals surface area contributed by atoms with Crippen LogP contribution in [0.4, 0.5) is 0 Å². The Labute approximate surface area is 176 Å². The van der Waals surface area contributed by atoms with Gasteiger partial charge in [-0.05, 0) is 36.8 Å². The van der Waals surface area contributed by atoms with E-state index in [1.807, 2.05) is 37.3 Å². The molecule has 0 fully saturated rings. The minimum Gasteiger partial charge on any atom is -0.495 e. The van der Waals surface area contributed by atoms with E-state index in [4.69, 9.17) is 20.8 Å². The number of aliphatic imine (C=N–C) groups is 1. The molecule has 7 heteroatoms. The lowest BCUT2D eigenvalue weighted by atomic mass is 10.2. The molecule has 0 aliphatic rings. The lowest BCUT2D eigenvalue weighted by molar-refractivity contribution is 0.415. The van der Waals surface area contributed by atoms with Gasteiger partial charge in [0, 0.05) is 19.5 Å². The summed E-state index contributed by atoms with van der Waals surface area (Å²) < 4.78 is 10.5. The van der Waals surface area contributed by atoms with E-state index in [9.17, 15) is 0 Å². The molecule has 2 aromatic rings. The Kier molecular flexibility index (Phi) is 10.2. The van der Waals surface area contributed by atoms with Crippen molar-refractivity contribution < 1.29 is 9.15 Å². The third-order valence-corrected chi connectivity index (χ3v) is 3.73. The van der Waals surface area contributed by atoms with Crippen molar-refractivity contribution >= 4 is 41.5 Å². The molecule has 0 saturated heterocycles. The Hall–Kier alpha value is -1.67. The lowest BCUT2D eigenvalue weighted by Gasteiger charge is -2.12. The van der Waals surface area contributed by atoms with Gasteiger partial charge in [-0.2, -0.15) is 0 Å². The molecule has 0 amide bonds. The number of nitrogens with zero attached hydrogens (tertiary/aromatic N) is 1. The van der Waals surface area contributed by atoms with Gasteiger partial charge in [0.25, 0.3) is 0 Å². The van der Waals surface area contributed by atoms with Gasteiger partial charge in [0.2, 0.25) is 0 Å². The summed E-state index contributed by atoms with van der Waals surface area (Å²) in [6.07, 6.45) is 2.46. The molecule has 0 saturated carbocycles. The number of rotatable bonds is 8. The molecule has 0 atom stereocenters. The SMILES string of the molecule is C=C(C)CNC(=NCc1ccc(OC)c(Cl)c1)NCCc1ccco1.I. The van der Waals surface area contributed by atoms with Crippen molar-refractivity contribution in [3.8, 4) is 5.75 Å². The smallest absolute Gasteiger partial charge is 0.191 e. The largest absolute Gasteiger partial charge is 0.495 e. The molecule has 0 spiro atoms. The molecule has 0 radical (unpaired) electrons. The monoisotopic (exact) mass is 489 g/mol. The van der Waals surface area contributed by atoms with E-state index in [0.29, 0.717) is 23.9 Å². The molecular formula is C19H25ClIN3O2. The van der Waals surface area contributed by atoms with Gasteiger partial charge in [-0.15, -0.1) is 24.0 Å². The van der Waals surface area contributed by atoms with Crippen LogP contribution >= 0.6 is 35.6 Å². The Bertz CT molecular complexity index is 718. The predicted molar refractivity (Wildman–Crippen MR) is 118 cm³/mol. The van der Waals surface area contributed by atoms with Gasteiger partial charge in [0.1, 0.15) is 11.5 Å². The minimum absolute atomic E-state index is 0. The van der Waals surface area contributed by atoms with Crippen molar-refractivity contribution in [3.63, 3.8) is 0 Å². The maximum absolute atomic E-state index is 6.16. The first-order valence-corrected chi connectivity index (χ1v) is 8.47. The van der Waals surface area contributed by atoms with E-state index < -0.39 is 0 Å². The second kappa shape index (κ2) is 11.9. The van der Waals surface area contributed by atoms with E-state index >= 15 is 0 Å². The zero-order valence-electron chi connectivity index (χ0n) is 15.0. The third-order valence-electron chi connectivity index (χ3n) is 3.44. The number of ether oxygens (including phenoxy) is 1. The van der Waals surface area contributed by atoms with Crippen molar-refractivity contribution in [3.05, 3.63) is 65.1 Å². The van der Waals surface area contributed by atoms with Crippen LogP contribution < -0.4 is 15.4 Å². The second-order valence-corrected chi connectivity index (χ2v) is 6.11. The molecule has 1 heterocycles. The molecule has 2 rings (SSSR count). The van der Waals surface area contributed by atoms with Crippen molar-refractivity contribution in [2.75, 3.05) is 20.2 Å². The van der Waals surface area contributed by atoms with Crippen molar-refractivity contribution in [2.45, 2.75) is 19.9 Å². The molecule has 0 aliphatic heterocycles. The average Bonchev–Trinajstić information content (AvgIpc) is 3.10. The first kappa shape index (κ1) is 22.4. The fourth-order valence-corrected chi connectivity index (χ4v) is 2.43. The maximum Gasteiger partial charge on any atom is 0.191 e. The fourth-order valence-electron chi connectivity index (χ4n) is 2.15. The van der Waals surface area contributed by atoms with Gasteiger partial charge in [-0.25, -0.2) is 4.99 Å². The van der Waals surface area contributed by atoms with Crippen LogP contribution in [0.25, 0.3) is 0 Å². The van der Waals surface area contributed by atoms with Gasteiger partial charge >= 0.3 is 0 Å². The van der Waals surface area contributed by atoms with Crippen LogP contribution in [0.15, 0.2) is 58.2 Å². The topological polar surface area (TPSA) is 58.8 Å².